The zero-order valence-electron chi connectivity index (χ0n) is 12.5. The monoisotopic (exact) mass is 324 g/mol. The van der Waals surface area contributed by atoms with Crippen LogP contribution in [0.3, 0.4) is 0 Å². The first-order valence-corrected chi connectivity index (χ1v) is 8.04. The lowest BCUT2D eigenvalue weighted by molar-refractivity contribution is 1.31. The Morgan fingerprint density at radius 2 is 1.50 bits per heavy atom. The van der Waals surface area contributed by atoms with Gasteiger partial charge in [-0.1, -0.05) is 23.7 Å². The maximum atomic E-state index is 4.38. The standard InChI is InChI=1S/C20H10N3S/c1-2-5-15(4-1)7-9-17-11-12-18(20-19(17)22-24-23-20)10-8-16-6-3-13-21-14-16/h1-6,11-14H. The molecule has 4 rings (SSSR count). The van der Waals surface area contributed by atoms with Gasteiger partial charge in [0.15, 0.2) is 0 Å². The summed E-state index contributed by atoms with van der Waals surface area (Å²) >= 11 is 1.18. The van der Waals surface area contributed by atoms with Gasteiger partial charge in [0.1, 0.15) is 11.0 Å². The predicted molar refractivity (Wildman–Crippen MR) is 95.0 cm³/mol. The smallest absolute Gasteiger partial charge is 0.121 e. The number of benzene rings is 1. The molecule has 3 aromatic rings. The van der Waals surface area contributed by atoms with Gasteiger partial charge in [-0.2, -0.15) is 8.75 Å². The molecule has 0 amide bonds. The highest BCUT2D eigenvalue weighted by Gasteiger charge is 2.14. The van der Waals surface area contributed by atoms with Gasteiger partial charge in [0.05, 0.1) is 28.8 Å². The zero-order chi connectivity index (χ0) is 16.2. The Balaban J connectivity index is 1.69. The largest absolute Gasteiger partial charge is 0.263 e. The second-order valence-corrected chi connectivity index (χ2v) is 5.57. The molecule has 0 atom stereocenters. The third-order valence-electron chi connectivity index (χ3n) is 3.42. The average molecular weight is 324 g/mol. The SMILES string of the molecule is C(#Cc1ccc(C#Cc2cccnc2)c2nsnc12)[C]1[CH][CH][CH][CH]1. The van der Waals surface area contributed by atoms with E-state index in [2.05, 4.69) is 37.4 Å². The van der Waals surface area contributed by atoms with Crippen molar-refractivity contribution in [2.24, 2.45) is 0 Å². The third kappa shape index (κ3) is 3.15. The number of hydrogen-bond donors (Lipinski definition) is 0. The van der Waals surface area contributed by atoms with E-state index in [1.165, 1.54) is 11.7 Å². The van der Waals surface area contributed by atoms with E-state index in [1.54, 1.807) is 12.4 Å². The van der Waals surface area contributed by atoms with Crippen molar-refractivity contribution in [2.75, 3.05) is 0 Å². The van der Waals surface area contributed by atoms with E-state index >= 15 is 0 Å². The molecule has 0 saturated heterocycles. The lowest BCUT2D eigenvalue weighted by Gasteiger charge is -1.97. The highest BCUT2D eigenvalue weighted by atomic mass is 32.1. The molecule has 3 nitrogen and oxygen atoms in total. The molecule has 0 N–H and O–H groups in total. The lowest BCUT2D eigenvalue weighted by Crippen LogP contribution is -1.88. The second kappa shape index (κ2) is 6.83. The fraction of sp³-hybridized carbons (Fsp3) is 0. The van der Waals surface area contributed by atoms with E-state index in [1.807, 2.05) is 49.9 Å². The van der Waals surface area contributed by atoms with Crippen LogP contribution in [-0.2, 0) is 0 Å². The fourth-order valence-corrected chi connectivity index (χ4v) is 2.82. The number of fused-ring (bicyclic) bond motifs is 1. The summed E-state index contributed by atoms with van der Waals surface area (Å²) in [5.41, 5.74) is 4.19. The van der Waals surface area contributed by atoms with Gasteiger partial charge >= 0.3 is 0 Å². The first-order chi connectivity index (χ1) is 11.9. The van der Waals surface area contributed by atoms with Gasteiger partial charge in [-0.15, -0.1) is 0 Å². The summed E-state index contributed by atoms with van der Waals surface area (Å²) in [6.07, 6.45) is 11.4. The van der Waals surface area contributed by atoms with Crippen LogP contribution in [0.25, 0.3) is 11.0 Å². The molecule has 1 aliphatic carbocycles. The van der Waals surface area contributed by atoms with Gasteiger partial charge in [0.25, 0.3) is 0 Å². The summed E-state index contributed by atoms with van der Waals surface area (Å²) in [6.45, 7) is 0. The van der Waals surface area contributed by atoms with Crippen molar-refractivity contribution < 1.29 is 0 Å². The van der Waals surface area contributed by atoms with Crippen molar-refractivity contribution in [3.05, 3.63) is 85.0 Å². The summed E-state index contributed by atoms with van der Waals surface area (Å²) in [5.74, 6) is 13.6. The first-order valence-electron chi connectivity index (χ1n) is 7.31. The van der Waals surface area contributed by atoms with Crippen LogP contribution in [0.5, 0.6) is 0 Å². The minimum absolute atomic E-state index is 0.797. The van der Waals surface area contributed by atoms with Crippen LogP contribution in [0.15, 0.2) is 36.7 Å². The molecule has 1 aliphatic rings. The molecule has 2 aromatic heterocycles. The van der Waals surface area contributed by atoms with Gasteiger partial charge < -0.3 is 0 Å². The zero-order valence-corrected chi connectivity index (χ0v) is 13.3. The van der Waals surface area contributed by atoms with Gasteiger partial charge in [-0.05, 0) is 49.9 Å². The van der Waals surface area contributed by atoms with Crippen molar-refractivity contribution >= 4 is 22.8 Å². The Morgan fingerprint density at radius 3 is 2.17 bits per heavy atom. The highest BCUT2D eigenvalue weighted by molar-refractivity contribution is 7.00. The topological polar surface area (TPSA) is 38.7 Å². The van der Waals surface area contributed by atoms with E-state index in [9.17, 15) is 0 Å². The molecule has 24 heavy (non-hydrogen) atoms. The molecular formula is C20H10N3S. The predicted octanol–water partition coefficient (Wildman–Crippen LogP) is 3.24. The Labute approximate surface area is 145 Å². The van der Waals surface area contributed by atoms with Crippen LogP contribution < -0.4 is 0 Å². The van der Waals surface area contributed by atoms with Crippen LogP contribution in [0, 0.1) is 55.3 Å². The molecule has 2 heterocycles. The third-order valence-corrected chi connectivity index (χ3v) is 3.95. The number of pyridine rings is 1. The summed E-state index contributed by atoms with van der Waals surface area (Å²) in [4.78, 5) is 4.07. The second-order valence-electron chi connectivity index (χ2n) is 5.04. The first kappa shape index (κ1) is 14.9. The molecule has 1 aromatic carbocycles. The number of nitrogens with zero attached hydrogens (tertiary/aromatic N) is 3. The van der Waals surface area contributed by atoms with Crippen LogP contribution >= 0.6 is 11.7 Å². The Morgan fingerprint density at radius 1 is 0.792 bits per heavy atom. The van der Waals surface area contributed by atoms with Gasteiger partial charge in [0, 0.05) is 18.0 Å². The molecule has 0 spiro atoms. The minimum Gasteiger partial charge on any atom is -0.263 e. The van der Waals surface area contributed by atoms with Gasteiger partial charge in [-0.3, -0.25) is 4.98 Å². The normalized spacial score (nSPS) is 14.0. The summed E-state index contributed by atoms with van der Waals surface area (Å²) < 4.78 is 8.76. The Kier molecular flexibility index (Phi) is 4.23. The number of hydrogen-bond acceptors (Lipinski definition) is 4. The van der Waals surface area contributed by atoms with E-state index < -0.39 is 0 Å². The molecule has 111 valence electrons. The molecule has 4 heteroatoms. The van der Waals surface area contributed by atoms with E-state index in [0.717, 1.165) is 33.6 Å². The number of aromatic nitrogens is 3. The molecule has 0 unspecified atom stereocenters. The molecule has 1 fully saturated rings. The molecule has 0 aliphatic heterocycles. The maximum absolute atomic E-state index is 4.38. The van der Waals surface area contributed by atoms with E-state index in [0.29, 0.717) is 0 Å². The Hall–Kier alpha value is -2.69. The molecule has 5 radical (unpaired) electrons. The fourth-order valence-electron chi connectivity index (χ4n) is 2.24. The Bertz CT molecular complexity index is 978. The molecule has 1 saturated carbocycles. The highest BCUT2D eigenvalue weighted by Crippen LogP contribution is 2.23. The van der Waals surface area contributed by atoms with Crippen molar-refractivity contribution in [3.8, 4) is 23.7 Å². The average Bonchev–Trinajstić information content (AvgIpc) is 3.31. The van der Waals surface area contributed by atoms with Crippen molar-refractivity contribution in [2.45, 2.75) is 0 Å². The minimum atomic E-state index is 0.797. The van der Waals surface area contributed by atoms with Crippen molar-refractivity contribution in [1.29, 1.82) is 0 Å². The van der Waals surface area contributed by atoms with Crippen molar-refractivity contribution in [1.82, 2.24) is 13.7 Å². The quantitative estimate of drug-likeness (QED) is 0.596. The van der Waals surface area contributed by atoms with Gasteiger partial charge in [-0.25, -0.2) is 0 Å². The van der Waals surface area contributed by atoms with Crippen LogP contribution in [0.4, 0.5) is 0 Å². The van der Waals surface area contributed by atoms with Crippen LogP contribution in [0.2, 0.25) is 0 Å². The van der Waals surface area contributed by atoms with Crippen molar-refractivity contribution in [3.63, 3.8) is 0 Å². The summed E-state index contributed by atoms with van der Waals surface area (Å²) in [5, 5.41) is 0. The van der Waals surface area contributed by atoms with Gasteiger partial charge in [0.2, 0.25) is 0 Å². The van der Waals surface area contributed by atoms with Crippen LogP contribution in [-0.4, -0.2) is 13.7 Å². The summed E-state index contributed by atoms with van der Waals surface area (Å²) in [7, 11) is 0. The lowest BCUT2D eigenvalue weighted by atomic mass is 10.1. The summed E-state index contributed by atoms with van der Waals surface area (Å²) in [6, 6.07) is 7.69. The van der Waals surface area contributed by atoms with E-state index in [-0.39, 0.29) is 0 Å². The molecular weight excluding hydrogens is 314 g/mol. The number of rotatable bonds is 0. The van der Waals surface area contributed by atoms with Crippen LogP contribution in [0.1, 0.15) is 16.7 Å². The van der Waals surface area contributed by atoms with E-state index in [4.69, 9.17) is 0 Å². The maximum Gasteiger partial charge on any atom is 0.121 e. The molecule has 0 bridgehead atoms.